The topological polar surface area (TPSA) is 78.9 Å². The maximum atomic E-state index is 12.8. The van der Waals surface area contributed by atoms with Gasteiger partial charge in [-0.25, -0.2) is 0 Å². The minimum Gasteiger partial charge on any atom is -0.462 e. The van der Waals surface area contributed by atoms with Crippen LogP contribution in [0.2, 0.25) is 0 Å². The number of carbonyl (C=O) groups is 3. The Hall–Kier alpha value is -2.37. The largest absolute Gasteiger partial charge is 0.462 e. The molecule has 0 N–H and O–H groups in total. The molecule has 0 rings (SSSR count). The van der Waals surface area contributed by atoms with Crippen LogP contribution < -0.4 is 0 Å². The Balaban J connectivity index is 4.37. The summed E-state index contributed by atoms with van der Waals surface area (Å²) in [6.45, 7) is 6.61. The summed E-state index contributed by atoms with van der Waals surface area (Å²) < 4.78 is 16.8. The van der Waals surface area contributed by atoms with Gasteiger partial charge in [0.2, 0.25) is 0 Å². The molecule has 0 aromatic rings. The number of hydrogen-bond acceptors (Lipinski definition) is 6. The molecule has 62 heavy (non-hydrogen) atoms. The van der Waals surface area contributed by atoms with Crippen molar-refractivity contribution in [2.24, 2.45) is 0 Å². The van der Waals surface area contributed by atoms with Crippen LogP contribution in [0, 0.1) is 0 Å². The molecule has 0 saturated heterocycles. The van der Waals surface area contributed by atoms with E-state index < -0.39 is 6.10 Å². The van der Waals surface area contributed by atoms with E-state index in [1.165, 1.54) is 167 Å². The summed E-state index contributed by atoms with van der Waals surface area (Å²) in [4.78, 5) is 38.0. The minimum absolute atomic E-state index is 0.0787. The number of unbranched alkanes of at least 4 members (excludes halogenated alkanes) is 32. The molecular weight excluding hydrogens is 769 g/mol. The van der Waals surface area contributed by atoms with Crippen LogP contribution in [-0.2, 0) is 28.6 Å². The van der Waals surface area contributed by atoms with Crippen molar-refractivity contribution in [2.45, 2.75) is 290 Å². The van der Waals surface area contributed by atoms with Crippen LogP contribution in [0.25, 0.3) is 0 Å². The van der Waals surface area contributed by atoms with Gasteiger partial charge < -0.3 is 14.2 Å². The van der Waals surface area contributed by atoms with E-state index in [0.717, 1.165) is 77.0 Å². The molecule has 0 aromatic carbocycles. The maximum Gasteiger partial charge on any atom is 0.306 e. The molecule has 362 valence electrons. The second-order valence-electron chi connectivity index (χ2n) is 18.1. The third-order valence-electron chi connectivity index (χ3n) is 11.8. The Morgan fingerprint density at radius 1 is 0.306 bits per heavy atom. The van der Waals surface area contributed by atoms with Crippen LogP contribution in [0.1, 0.15) is 284 Å². The summed E-state index contributed by atoms with van der Waals surface area (Å²) in [5, 5.41) is 0. The van der Waals surface area contributed by atoms with Crippen LogP contribution in [0.5, 0.6) is 0 Å². The van der Waals surface area contributed by atoms with Crippen LogP contribution in [0.3, 0.4) is 0 Å². The highest BCUT2D eigenvalue weighted by atomic mass is 16.6. The van der Waals surface area contributed by atoms with E-state index in [2.05, 4.69) is 57.2 Å². The Kier molecular flexibility index (Phi) is 49.3. The Bertz CT molecular complexity index is 1050. The molecule has 0 radical (unpaired) electrons. The molecule has 0 bridgehead atoms. The van der Waals surface area contributed by atoms with E-state index in [-0.39, 0.29) is 31.1 Å². The lowest BCUT2D eigenvalue weighted by atomic mass is 10.1. The molecule has 0 fully saturated rings. The molecule has 0 heterocycles. The summed E-state index contributed by atoms with van der Waals surface area (Å²) in [5.41, 5.74) is 0. The molecule has 0 aliphatic carbocycles. The van der Waals surface area contributed by atoms with Gasteiger partial charge in [-0.1, -0.05) is 205 Å². The number of ether oxygens (including phenoxy) is 3. The van der Waals surface area contributed by atoms with Gasteiger partial charge in [0.05, 0.1) is 0 Å². The van der Waals surface area contributed by atoms with Gasteiger partial charge in [0.25, 0.3) is 0 Å². The first-order valence-corrected chi connectivity index (χ1v) is 27.0. The van der Waals surface area contributed by atoms with Crippen molar-refractivity contribution in [3.8, 4) is 0 Å². The number of esters is 3. The fraction of sp³-hybridized carbons (Fsp3) is 0.839. The zero-order chi connectivity index (χ0) is 45.1. The highest BCUT2D eigenvalue weighted by Gasteiger charge is 2.19. The molecule has 0 amide bonds. The van der Waals surface area contributed by atoms with Crippen molar-refractivity contribution >= 4 is 17.9 Å². The molecule has 0 saturated carbocycles. The third-order valence-corrected chi connectivity index (χ3v) is 11.8. The smallest absolute Gasteiger partial charge is 0.306 e. The monoisotopic (exact) mass is 871 g/mol. The van der Waals surface area contributed by atoms with Crippen LogP contribution in [0.4, 0.5) is 0 Å². The van der Waals surface area contributed by atoms with Gasteiger partial charge >= 0.3 is 17.9 Å². The zero-order valence-electron chi connectivity index (χ0n) is 41.4. The predicted molar refractivity (Wildman–Crippen MR) is 266 cm³/mol. The predicted octanol–water partition coefficient (Wildman–Crippen LogP) is 17.7. The molecule has 6 heteroatoms. The highest BCUT2D eigenvalue weighted by molar-refractivity contribution is 5.71. The van der Waals surface area contributed by atoms with Crippen molar-refractivity contribution in [2.75, 3.05) is 13.2 Å². The first kappa shape index (κ1) is 59.6. The van der Waals surface area contributed by atoms with Crippen molar-refractivity contribution in [3.05, 3.63) is 36.5 Å². The van der Waals surface area contributed by atoms with E-state index >= 15 is 0 Å². The maximum absolute atomic E-state index is 12.8. The fourth-order valence-electron chi connectivity index (χ4n) is 7.72. The van der Waals surface area contributed by atoms with Crippen LogP contribution in [0.15, 0.2) is 36.5 Å². The number of carbonyl (C=O) groups excluding carboxylic acids is 3. The van der Waals surface area contributed by atoms with Crippen molar-refractivity contribution < 1.29 is 28.6 Å². The van der Waals surface area contributed by atoms with Crippen molar-refractivity contribution in [3.63, 3.8) is 0 Å². The lowest BCUT2D eigenvalue weighted by Crippen LogP contribution is -2.30. The Morgan fingerprint density at radius 3 is 0.823 bits per heavy atom. The van der Waals surface area contributed by atoms with Gasteiger partial charge in [-0.15, -0.1) is 0 Å². The highest BCUT2D eigenvalue weighted by Crippen LogP contribution is 2.15. The summed E-state index contributed by atoms with van der Waals surface area (Å²) >= 11 is 0. The van der Waals surface area contributed by atoms with E-state index in [4.69, 9.17) is 14.2 Å². The lowest BCUT2D eigenvalue weighted by Gasteiger charge is -2.18. The quantitative estimate of drug-likeness (QED) is 0.0262. The number of allylic oxidation sites excluding steroid dienone is 6. The lowest BCUT2D eigenvalue weighted by molar-refractivity contribution is -0.167. The van der Waals surface area contributed by atoms with E-state index in [9.17, 15) is 14.4 Å². The van der Waals surface area contributed by atoms with Gasteiger partial charge in [-0.05, 0) is 96.3 Å². The normalized spacial score (nSPS) is 12.2. The molecule has 0 spiro atoms. The van der Waals surface area contributed by atoms with Crippen LogP contribution >= 0.6 is 0 Å². The van der Waals surface area contributed by atoms with Gasteiger partial charge in [-0.2, -0.15) is 0 Å². The first-order chi connectivity index (χ1) is 30.5. The Morgan fingerprint density at radius 2 is 0.532 bits per heavy atom. The van der Waals surface area contributed by atoms with Crippen LogP contribution in [-0.4, -0.2) is 37.2 Å². The van der Waals surface area contributed by atoms with E-state index in [1.807, 2.05) is 0 Å². The second kappa shape index (κ2) is 51.3. The first-order valence-electron chi connectivity index (χ1n) is 27.0. The average molecular weight is 871 g/mol. The third kappa shape index (κ3) is 48.7. The van der Waals surface area contributed by atoms with E-state index in [1.54, 1.807) is 0 Å². The summed E-state index contributed by atoms with van der Waals surface area (Å²) in [6, 6.07) is 0. The molecule has 0 aromatic heterocycles. The minimum atomic E-state index is -0.779. The zero-order valence-corrected chi connectivity index (χ0v) is 41.4. The molecule has 0 aliphatic heterocycles. The van der Waals surface area contributed by atoms with Crippen molar-refractivity contribution in [1.29, 1.82) is 0 Å². The van der Waals surface area contributed by atoms with Gasteiger partial charge in [0.1, 0.15) is 13.2 Å². The summed E-state index contributed by atoms with van der Waals surface area (Å²) in [5.74, 6) is -0.890. The molecule has 1 atom stereocenters. The van der Waals surface area contributed by atoms with Crippen molar-refractivity contribution in [1.82, 2.24) is 0 Å². The molecule has 6 nitrogen and oxygen atoms in total. The molecule has 0 aliphatic rings. The number of hydrogen-bond donors (Lipinski definition) is 0. The molecule has 0 unspecified atom stereocenters. The average Bonchev–Trinajstić information content (AvgIpc) is 3.27. The number of rotatable bonds is 49. The van der Waals surface area contributed by atoms with Gasteiger partial charge in [0.15, 0.2) is 6.10 Å². The summed E-state index contributed by atoms with van der Waals surface area (Å²) in [7, 11) is 0. The fourth-order valence-corrected chi connectivity index (χ4v) is 7.72. The summed E-state index contributed by atoms with van der Waals surface area (Å²) in [6.07, 6.45) is 59.8. The van der Waals surface area contributed by atoms with Gasteiger partial charge in [0, 0.05) is 19.3 Å². The Labute approximate surface area is 385 Å². The standard InChI is InChI=1S/C56H102O6/c1-4-7-10-13-16-19-22-25-27-28-29-32-34-37-40-43-46-49-55(58)61-52-53(51-60-54(57)48-45-42-39-36-33-30-24-21-18-15-12-9-6-3)62-56(59)50-47-44-41-38-35-31-26-23-20-17-14-11-8-5-2/h21,23-27,53H,4-20,22,28-52H2,1-3H3/b24-21+,26-23+,27-25+/t53-/m1/s1. The molecular formula is C56H102O6. The SMILES string of the molecule is CCCCCC/C=C/CCCCCCCC(=O)OC[C@H](COC(=O)CCCCCCCCC/C=C/CCCCCCCC)OC(=O)CCCCCCC/C=C/CCCCCCC. The van der Waals surface area contributed by atoms with E-state index in [0.29, 0.717) is 19.3 Å². The van der Waals surface area contributed by atoms with Gasteiger partial charge in [-0.3, -0.25) is 14.4 Å². The second-order valence-corrected chi connectivity index (χ2v) is 18.1.